The van der Waals surface area contributed by atoms with Crippen LogP contribution in [0.4, 0.5) is 5.69 Å². The lowest BCUT2D eigenvalue weighted by Gasteiger charge is -2.29. The van der Waals surface area contributed by atoms with Crippen LogP contribution in [-0.2, 0) is 0 Å². The number of rotatable bonds is 6. The van der Waals surface area contributed by atoms with E-state index in [-0.39, 0.29) is 18.2 Å². The molecule has 0 spiro atoms. The van der Waals surface area contributed by atoms with Crippen molar-refractivity contribution in [1.82, 2.24) is 19.9 Å². The third-order valence-corrected chi connectivity index (χ3v) is 6.13. The van der Waals surface area contributed by atoms with Crippen LogP contribution in [0.25, 0.3) is 5.82 Å². The molecule has 4 heterocycles. The second-order valence-corrected chi connectivity index (χ2v) is 9.04. The molecule has 172 valence electrons. The number of nitrogens with one attached hydrogen (secondary N) is 1. The molecule has 34 heavy (non-hydrogen) atoms. The van der Waals surface area contributed by atoms with Gasteiger partial charge in [0.2, 0.25) is 0 Å². The molecular formula is C27H27N5OS. The van der Waals surface area contributed by atoms with Gasteiger partial charge in [0.1, 0.15) is 17.6 Å². The van der Waals surface area contributed by atoms with Gasteiger partial charge >= 0.3 is 0 Å². The molecular weight excluding hydrogens is 442 g/mol. The molecule has 1 N–H and O–H groups in total. The van der Waals surface area contributed by atoms with Crippen LogP contribution < -0.4 is 15.0 Å². The standard InChI is InChI=1S/C27H27N5OS/c1-18(2)33-21-12-10-20(11-13-21)32-26(25(30-27(32)34)22-7-4-5-15-28-22)23-8-6-16-31(23)24-14-9-19(3)17-29-24/h4-18,25-26H,1-3H3,(H,30,34)/t25-,26+/m0/s1. The zero-order valence-corrected chi connectivity index (χ0v) is 20.2. The summed E-state index contributed by atoms with van der Waals surface area (Å²) in [5.41, 5.74) is 4.11. The summed E-state index contributed by atoms with van der Waals surface area (Å²) in [4.78, 5) is 11.5. The summed E-state index contributed by atoms with van der Waals surface area (Å²) in [6.45, 7) is 6.08. The molecule has 2 atom stereocenters. The lowest BCUT2D eigenvalue weighted by Crippen LogP contribution is -2.30. The molecule has 0 unspecified atom stereocenters. The van der Waals surface area contributed by atoms with E-state index in [2.05, 4.69) is 49.0 Å². The van der Waals surface area contributed by atoms with Crippen LogP contribution in [0.3, 0.4) is 0 Å². The summed E-state index contributed by atoms with van der Waals surface area (Å²) >= 11 is 5.86. The molecule has 4 aromatic rings. The van der Waals surface area contributed by atoms with E-state index >= 15 is 0 Å². The Morgan fingerprint density at radius 2 is 1.79 bits per heavy atom. The topological polar surface area (TPSA) is 55.2 Å². The van der Waals surface area contributed by atoms with Crippen LogP contribution >= 0.6 is 12.2 Å². The Morgan fingerprint density at radius 1 is 0.971 bits per heavy atom. The molecule has 1 aliphatic heterocycles. The molecule has 0 amide bonds. The van der Waals surface area contributed by atoms with Gasteiger partial charge in [-0.15, -0.1) is 0 Å². The van der Waals surface area contributed by atoms with E-state index in [1.54, 1.807) is 0 Å². The molecule has 5 rings (SSSR count). The van der Waals surface area contributed by atoms with Crippen molar-refractivity contribution < 1.29 is 4.74 Å². The van der Waals surface area contributed by atoms with Gasteiger partial charge in [-0.3, -0.25) is 4.98 Å². The van der Waals surface area contributed by atoms with Gasteiger partial charge in [-0.05, 0) is 93.1 Å². The fourth-order valence-corrected chi connectivity index (χ4v) is 4.68. The Kier molecular flexibility index (Phi) is 6.02. The molecule has 3 aromatic heterocycles. The third kappa shape index (κ3) is 4.26. The molecule has 0 bridgehead atoms. The Labute approximate surface area is 205 Å². The van der Waals surface area contributed by atoms with Crippen molar-refractivity contribution in [1.29, 1.82) is 0 Å². The highest BCUT2D eigenvalue weighted by Crippen LogP contribution is 2.42. The number of aryl methyl sites for hydroxylation is 1. The van der Waals surface area contributed by atoms with Gasteiger partial charge in [0.25, 0.3) is 0 Å². The zero-order chi connectivity index (χ0) is 23.7. The first-order chi connectivity index (χ1) is 16.5. The van der Waals surface area contributed by atoms with Crippen LogP contribution in [0.15, 0.2) is 85.3 Å². The Hall–Kier alpha value is -3.71. The van der Waals surface area contributed by atoms with Crippen molar-refractivity contribution >= 4 is 23.0 Å². The molecule has 1 aliphatic rings. The van der Waals surface area contributed by atoms with Crippen molar-refractivity contribution in [3.63, 3.8) is 0 Å². The first kappa shape index (κ1) is 22.1. The SMILES string of the molecule is Cc1ccc(-n2cccc2[C@@H]2[C@H](c3ccccn3)NC(=S)N2c2ccc(OC(C)C)cc2)nc1. The summed E-state index contributed by atoms with van der Waals surface area (Å²) < 4.78 is 7.97. The predicted octanol–water partition coefficient (Wildman–Crippen LogP) is 5.54. The number of benzene rings is 1. The minimum atomic E-state index is -0.127. The number of aromatic nitrogens is 3. The van der Waals surface area contributed by atoms with Gasteiger partial charge in [-0.25, -0.2) is 4.98 Å². The van der Waals surface area contributed by atoms with E-state index in [9.17, 15) is 0 Å². The average molecular weight is 470 g/mol. The van der Waals surface area contributed by atoms with Gasteiger partial charge in [-0.2, -0.15) is 0 Å². The minimum absolute atomic E-state index is 0.118. The third-order valence-electron chi connectivity index (χ3n) is 5.81. The van der Waals surface area contributed by atoms with Gasteiger partial charge < -0.3 is 19.5 Å². The fraction of sp³-hybridized carbons (Fsp3) is 0.222. The number of anilines is 1. The summed E-state index contributed by atoms with van der Waals surface area (Å²) in [5, 5.41) is 4.18. The molecule has 0 saturated carbocycles. The quantitative estimate of drug-likeness (QED) is 0.374. The van der Waals surface area contributed by atoms with Crippen molar-refractivity contribution in [2.45, 2.75) is 39.0 Å². The number of hydrogen-bond acceptors (Lipinski definition) is 4. The van der Waals surface area contributed by atoms with Crippen molar-refractivity contribution in [3.8, 4) is 11.6 Å². The van der Waals surface area contributed by atoms with Crippen LogP contribution in [0.1, 0.15) is 42.9 Å². The molecule has 6 nitrogen and oxygen atoms in total. The lowest BCUT2D eigenvalue weighted by atomic mass is 10.0. The van der Waals surface area contributed by atoms with E-state index < -0.39 is 0 Å². The molecule has 0 radical (unpaired) electrons. The highest BCUT2D eigenvalue weighted by Gasteiger charge is 2.42. The van der Waals surface area contributed by atoms with Crippen LogP contribution in [0.5, 0.6) is 5.75 Å². The maximum Gasteiger partial charge on any atom is 0.174 e. The zero-order valence-electron chi connectivity index (χ0n) is 19.4. The Morgan fingerprint density at radius 3 is 2.47 bits per heavy atom. The number of thiocarbonyl (C=S) groups is 1. The summed E-state index contributed by atoms with van der Waals surface area (Å²) in [6, 6.07) is 22.1. The Balaban J connectivity index is 1.60. The smallest absolute Gasteiger partial charge is 0.174 e. The average Bonchev–Trinajstić information content (AvgIpc) is 3.45. The second kappa shape index (κ2) is 9.27. The minimum Gasteiger partial charge on any atom is -0.491 e. The summed E-state index contributed by atoms with van der Waals surface area (Å²) in [7, 11) is 0. The van der Waals surface area contributed by atoms with Gasteiger partial charge in [-0.1, -0.05) is 12.1 Å². The molecule has 1 fully saturated rings. The normalized spacial score (nSPS) is 17.8. The Bertz CT molecular complexity index is 1270. The van der Waals surface area contributed by atoms with E-state index in [4.69, 9.17) is 17.0 Å². The number of hydrogen-bond donors (Lipinski definition) is 1. The molecule has 1 aromatic carbocycles. The molecule has 7 heteroatoms. The first-order valence-electron chi connectivity index (χ1n) is 11.4. The number of nitrogens with zero attached hydrogens (tertiary/aromatic N) is 4. The highest BCUT2D eigenvalue weighted by molar-refractivity contribution is 7.80. The predicted molar refractivity (Wildman–Crippen MR) is 138 cm³/mol. The first-order valence-corrected chi connectivity index (χ1v) is 11.8. The number of ether oxygens (including phenoxy) is 1. The van der Waals surface area contributed by atoms with Crippen LogP contribution in [0, 0.1) is 6.92 Å². The van der Waals surface area contributed by atoms with E-state index in [1.165, 1.54) is 0 Å². The maximum atomic E-state index is 5.86. The summed E-state index contributed by atoms with van der Waals surface area (Å²) in [6.07, 6.45) is 5.87. The monoisotopic (exact) mass is 469 g/mol. The van der Waals surface area contributed by atoms with Crippen LogP contribution in [-0.4, -0.2) is 25.8 Å². The number of pyridine rings is 2. The highest BCUT2D eigenvalue weighted by atomic mass is 32.1. The van der Waals surface area contributed by atoms with E-state index in [1.807, 2.05) is 81.8 Å². The largest absolute Gasteiger partial charge is 0.491 e. The van der Waals surface area contributed by atoms with E-state index in [0.29, 0.717) is 5.11 Å². The van der Waals surface area contributed by atoms with Crippen molar-refractivity contribution in [3.05, 3.63) is 102 Å². The van der Waals surface area contributed by atoms with Crippen molar-refractivity contribution in [2.75, 3.05) is 4.90 Å². The van der Waals surface area contributed by atoms with Gasteiger partial charge in [0, 0.05) is 30.0 Å². The van der Waals surface area contributed by atoms with Gasteiger partial charge in [0.15, 0.2) is 5.11 Å². The molecule has 0 aliphatic carbocycles. The van der Waals surface area contributed by atoms with E-state index in [0.717, 1.165) is 34.2 Å². The van der Waals surface area contributed by atoms with Crippen LogP contribution in [0.2, 0.25) is 0 Å². The van der Waals surface area contributed by atoms with Crippen molar-refractivity contribution in [2.24, 2.45) is 0 Å². The summed E-state index contributed by atoms with van der Waals surface area (Å²) in [5.74, 6) is 1.70. The lowest BCUT2D eigenvalue weighted by molar-refractivity contribution is 0.242. The maximum absolute atomic E-state index is 5.86. The fourth-order valence-electron chi connectivity index (χ4n) is 4.34. The second-order valence-electron chi connectivity index (χ2n) is 8.65. The van der Waals surface area contributed by atoms with Gasteiger partial charge in [0.05, 0.1) is 17.8 Å². The molecule has 1 saturated heterocycles.